The lowest BCUT2D eigenvalue weighted by molar-refractivity contribution is 0.974. The highest BCUT2D eigenvalue weighted by molar-refractivity contribution is 9.10. The number of rotatable bonds is 3. The molecule has 1 heterocycles. The van der Waals surface area contributed by atoms with Crippen molar-refractivity contribution in [3.05, 3.63) is 76.5 Å². The maximum atomic E-state index is 5.93. The van der Waals surface area contributed by atoms with E-state index in [1.165, 1.54) is 0 Å². The van der Waals surface area contributed by atoms with Gasteiger partial charge in [0.25, 0.3) is 0 Å². The highest BCUT2D eigenvalue weighted by atomic mass is 79.9. The van der Waals surface area contributed by atoms with Gasteiger partial charge in [-0.05, 0) is 11.6 Å². The largest absolute Gasteiger partial charge is 0.384 e. The molecule has 0 spiro atoms. The Balaban J connectivity index is 1.97. The van der Waals surface area contributed by atoms with E-state index in [-0.39, 0.29) is 0 Å². The van der Waals surface area contributed by atoms with Crippen LogP contribution in [0.25, 0.3) is 11.3 Å². The SMILES string of the molecule is Nc1cc(-c2ccccc2)nc(Cc2ccccc2Br)n1. The molecule has 2 aromatic carbocycles. The first-order valence-corrected chi connectivity index (χ1v) is 7.44. The summed E-state index contributed by atoms with van der Waals surface area (Å²) in [4.78, 5) is 8.97. The van der Waals surface area contributed by atoms with E-state index in [0.29, 0.717) is 12.2 Å². The monoisotopic (exact) mass is 339 g/mol. The molecule has 4 heteroatoms. The fourth-order valence-electron chi connectivity index (χ4n) is 2.17. The lowest BCUT2D eigenvalue weighted by Gasteiger charge is -2.07. The Morgan fingerprint density at radius 1 is 0.905 bits per heavy atom. The van der Waals surface area contributed by atoms with Gasteiger partial charge in [-0.15, -0.1) is 0 Å². The maximum Gasteiger partial charge on any atom is 0.135 e. The van der Waals surface area contributed by atoms with Crippen molar-refractivity contribution >= 4 is 21.7 Å². The molecule has 0 amide bonds. The molecule has 0 saturated carbocycles. The van der Waals surface area contributed by atoms with E-state index in [2.05, 4.69) is 32.0 Å². The van der Waals surface area contributed by atoms with Crippen molar-refractivity contribution in [1.82, 2.24) is 9.97 Å². The van der Waals surface area contributed by atoms with E-state index < -0.39 is 0 Å². The third-order valence-electron chi connectivity index (χ3n) is 3.17. The standard InChI is InChI=1S/C17H14BrN3/c18-14-9-5-4-8-13(14)10-17-20-15(11-16(19)21-17)12-6-2-1-3-7-12/h1-9,11H,10H2,(H2,19,20,21). The minimum atomic E-state index is 0.492. The van der Waals surface area contributed by atoms with E-state index in [9.17, 15) is 0 Å². The second kappa shape index (κ2) is 6.06. The van der Waals surface area contributed by atoms with Crippen LogP contribution in [0, 0.1) is 0 Å². The van der Waals surface area contributed by atoms with Gasteiger partial charge in [-0.2, -0.15) is 0 Å². The Morgan fingerprint density at radius 2 is 1.62 bits per heavy atom. The van der Waals surface area contributed by atoms with Crippen LogP contribution in [0.15, 0.2) is 65.1 Å². The second-order valence-corrected chi connectivity index (χ2v) is 5.58. The first kappa shape index (κ1) is 13.8. The average molecular weight is 340 g/mol. The summed E-state index contributed by atoms with van der Waals surface area (Å²) in [5.74, 6) is 1.21. The second-order valence-electron chi connectivity index (χ2n) is 4.73. The van der Waals surface area contributed by atoms with Crippen molar-refractivity contribution in [2.24, 2.45) is 0 Å². The molecule has 0 atom stereocenters. The number of nitrogens with zero attached hydrogens (tertiary/aromatic N) is 2. The van der Waals surface area contributed by atoms with Gasteiger partial charge in [0, 0.05) is 22.5 Å². The molecule has 3 rings (SSSR count). The summed E-state index contributed by atoms with van der Waals surface area (Å²) < 4.78 is 1.05. The van der Waals surface area contributed by atoms with E-state index in [1.807, 2.05) is 48.5 Å². The van der Waals surface area contributed by atoms with Crippen molar-refractivity contribution in [3.8, 4) is 11.3 Å². The Morgan fingerprint density at radius 3 is 2.38 bits per heavy atom. The lowest BCUT2D eigenvalue weighted by atomic mass is 10.1. The predicted octanol–water partition coefficient (Wildman–Crippen LogP) is 4.08. The summed E-state index contributed by atoms with van der Waals surface area (Å²) >= 11 is 3.55. The summed E-state index contributed by atoms with van der Waals surface area (Å²) in [5.41, 5.74) is 8.96. The lowest BCUT2D eigenvalue weighted by Crippen LogP contribution is -2.02. The molecule has 21 heavy (non-hydrogen) atoms. The third kappa shape index (κ3) is 3.28. The predicted molar refractivity (Wildman–Crippen MR) is 88.8 cm³/mol. The number of nitrogens with two attached hydrogens (primary N) is 1. The molecule has 3 nitrogen and oxygen atoms in total. The van der Waals surface area contributed by atoms with Crippen molar-refractivity contribution < 1.29 is 0 Å². The van der Waals surface area contributed by atoms with Crippen LogP contribution in [0.4, 0.5) is 5.82 Å². The van der Waals surface area contributed by atoms with Gasteiger partial charge in [0.15, 0.2) is 0 Å². The van der Waals surface area contributed by atoms with Gasteiger partial charge in [0.1, 0.15) is 11.6 Å². The fourth-order valence-corrected chi connectivity index (χ4v) is 2.59. The smallest absolute Gasteiger partial charge is 0.135 e. The quantitative estimate of drug-likeness (QED) is 0.782. The van der Waals surface area contributed by atoms with E-state index in [0.717, 1.165) is 27.1 Å². The number of benzene rings is 2. The van der Waals surface area contributed by atoms with Gasteiger partial charge >= 0.3 is 0 Å². The van der Waals surface area contributed by atoms with Crippen molar-refractivity contribution in [3.63, 3.8) is 0 Å². The zero-order valence-electron chi connectivity index (χ0n) is 11.3. The molecule has 0 aliphatic carbocycles. The molecule has 0 bridgehead atoms. The van der Waals surface area contributed by atoms with Crippen LogP contribution in [0.3, 0.4) is 0 Å². The van der Waals surface area contributed by atoms with Crippen LogP contribution in [-0.4, -0.2) is 9.97 Å². The zero-order chi connectivity index (χ0) is 14.7. The molecule has 0 aliphatic heterocycles. The van der Waals surface area contributed by atoms with Gasteiger partial charge in [0.2, 0.25) is 0 Å². The highest BCUT2D eigenvalue weighted by Crippen LogP contribution is 2.22. The van der Waals surface area contributed by atoms with E-state index in [4.69, 9.17) is 5.73 Å². The van der Waals surface area contributed by atoms with Gasteiger partial charge in [-0.1, -0.05) is 64.5 Å². The molecular weight excluding hydrogens is 326 g/mol. The normalized spacial score (nSPS) is 10.5. The first-order chi connectivity index (χ1) is 10.2. The summed E-state index contributed by atoms with van der Waals surface area (Å²) in [5, 5.41) is 0. The van der Waals surface area contributed by atoms with Gasteiger partial charge < -0.3 is 5.73 Å². The third-order valence-corrected chi connectivity index (χ3v) is 3.94. The van der Waals surface area contributed by atoms with Crippen molar-refractivity contribution in [2.75, 3.05) is 5.73 Å². The molecular formula is C17H14BrN3. The van der Waals surface area contributed by atoms with Crippen LogP contribution in [0.5, 0.6) is 0 Å². The van der Waals surface area contributed by atoms with Crippen molar-refractivity contribution in [2.45, 2.75) is 6.42 Å². The van der Waals surface area contributed by atoms with Crippen molar-refractivity contribution in [1.29, 1.82) is 0 Å². The number of halogens is 1. The average Bonchev–Trinajstić information content (AvgIpc) is 2.50. The molecule has 3 aromatic rings. The molecule has 0 aliphatic rings. The van der Waals surface area contributed by atoms with Crippen LogP contribution in [0.1, 0.15) is 11.4 Å². The Hall–Kier alpha value is -2.20. The van der Waals surface area contributed by atoms with Gasteiger partial charge in [-0.3, -0.25) is 0 Å². The number of nitrogen functional groups attached to an aromatic ring is 1. The van der Waals surface area contributed by atoms with Crippen LogP contribution in [-0.2, 0) is 6.42 Å². The molecule has 0 unspecified atom stereocenters. The minimum Gasteiger partial charge on any atom is -0.384 e. The van der Waals surface area contributed by atoms with Gasteiger partial charge in [0.05, 0.1) is 5.69 Å². The molecule has 2 N–H and O–H groups in total. The number of anilines is 1. The topological polar surface area (TPSA) is 51.8 Å². The highest BCUT2D eigenvalue weighted by Gasteiger charge is 2.07. The summed E-state index contributed by atoms with van der Waals surface area (Å²) in [7, 11) is 0. The van der Waals surface area contributed by atoms with Crippen LogP contribution < -0.4 is 5.73 Å². The minimum absolute atomic E-state index is 0.492. The summed E-state index contributed by atoms with van der Waals surface area (Å²) in [6.45, 7) is 0. The summed E-state index contributed by atoms with van der Waals surface area (Å²) in [6.07, 6.45) is 0.645. The number of hydrogen-bond acceptors (Lipinski definition) is 3. The number of aromatic nitrogens is 2. The van der Waals surface area contributed by atoms with Gasteiger partial charge in [-0.25, -0.2) is 9.97 Å². The summed E-state index contributed by atoms with van der Waals surface area (Å²) in [6, 6.07) is 19.9. The maximum absolute atomic E-state index is 5.93. The molecule has 1 aromatic heterocycles. The first-order valence-electron chi connectivity index (χ1n) is 6.64. The van der Waals surface area contributed by atoms with Crippen LogP contribution >= 0.6 is 15.9 Å². The molecule has 0 radical (unpaired) electrons. The molecule has 0 saturated heterocycles. The molecule has 104 valence electrons. The Labute approximate surface area is 132 Å². The fraction of sp³-hybridized carbons (Fsp3) is 0.0588. The van der Waals surface area contributed by atoms with Crippen LogP contribution in [0.2, 0.25) is 0 Å². The van der Waals surface area contributed by atoms with E-state index >= 15 is 0 Å². The molecule has 0 fully saturated rings. The number of hydrogen-bond donors (Lipinski definition) is 1. The Kier molecular flexibility index (Phi) is 3.97. The Bertz CT molecular complexity index is 757. The van der Waals surface area contributed by atoms with E-state index in [1.54, 1.807) is 6.07 Å². The zero-order valence-corrected chi connectivity index (χ0v) is 12.9.